The topological polar surface area (TPSA) is 70.7 Å². The van der Waals surface area contributed by atoms with Gasteiger partial charge in [0, 0.05) is 12.7 Å². The lowest BCUT2D eigenvalue weighted by Gasteiger charge is -2.27. The number of rotatable bonds is 5. The molecule has 0 saturated carbocycles. The number of hydrazine groups is 1. The molecule has 6 nitrogen and oxygen atoms in total. The Morgan fingerprint density at radius 3 is 2.74 bits per heavy atom. The third-order valence-corrected chi connectivity index (χ3v) is 2.70. The van der Waals surface area contributed by atoms with Crippen LogP contribution in [0, 0.1) is 0 Å². The summed E-state index contributed by atoms with van der Waals surface area (Å²) in [5.41, 5.74) is 4.81. The molecule has 0 aromatic heterocycles. The van der Waals surface area contributed by atoms with Crippen LogP contribution in [0.5, 0.6) is 0 Å². The fourth-order valence-corrected chi connectivity index (χ4v) is 1.98. The van der Waals surface area contributed by atoms with E-state index in [1.54, 1.807) is 4.90 Å². The van der Waals surface area contributed by atoms with Crippen molar-refractivity contribution in [1.29, 1.82) is 0 Å². The largest absolute Gasteiger partial charge is 0.458 e. The van der Waals surface area contributed by atoms with Crippen molar-refractivity contribution in [3.63, 3.8) is 0 Å². The number of carbonyl (C=O) groups is 2. The number of nitrogens with zero attached hydrogens (tertiary/aromatic N) is 1. The van der Waals surface area contributed by atoms with Crippen LogP contribution in [0.1, 0.15) is 33.6 Å². The summed E-state index contributed by atoms with van der Waals surface area (Å²) in [7, 11) is 0. The van der Waals surface area contributed by atoms with Gasteiger partial charge in [0.25, 0.3) is 0 Å². The summed E-state index contributed by atoms with van der Waals surface area (Å²) >= 11 is 0. The van der Waals surface area contributed by atoms with Crippen LogP contribution >= 0.6 is 0 Å². The Morgan fingerprint density at radius 1 is 1.47 bits per heavy atom. The summed E-state index contributed by atoms with van der Waals surface area (Å²) in [6.45, 7) is 9.64. The van der Waals surface area contributed by atoms with Crippen LogP contribution in [0.3, 0.4) is 0 Å². The zero-order valence-electron chi connectivity index (χ0n) is 11.9. The molecule has 0 aromatic rings. The van der Waals surface area contributed by atoms with Crippen LogP contribution in [0.15, 0.2) is 12.8 Å². The SMILES string of the molecule is C=CNNCC(=O)N1CCC[C@H]1C(=O)OC(C)(C)C. The number of nitrogens with one attached hydrogen (secondary N) is 2. The number of carbonyl (C=O) groups excluding carboxylic acids is 2. The van der Waals surface area contributed by atoms with Crippen molar-refractivity contribution in [2.45, 2.75) is 45.3 Å². The van der Waals surface area contributed by atoms with E-state index in [1.165, 1.54) is 6.20 Å². The minimum absolute atomic E-state index is 0.116. The molecule has 0 bridgehead atoms. The van der Waals surface area contributed by atoms with E-state index in [2.05, 4.69) is 17.4 Å². The Balaban J connectivity index is 2.55. The highest BCUT2D eigenvalue weighted by molar-refractivity contribution is 5.86. The first kappa shape index (κ1) is 15.5. The second-order valence-corrected chi connectivity index (χ2v) is 5.48. The van der Waals surface area contributed by atoms with Gasteiger partial charge in [0.2, 0.25) is 5.91 Å². The molecule has 0 aliphatic carbocycles. The molecule has 1 aliphatic heterocycles. The van der Waals surface area contributed by atoms with Crippen molar-refractivity contribution < 1.29 is 14.3 Å². The zero-order chi connectivity index (χ0) is 14.5. The zero-order valence-corrected chi connectivity index (χ0v) is 11.9. The Bertz CT molecular complexity index is 350. The average molecular weight is 269 g/mol. The van der Waals surface area contributed by atoms with Crippen molar-refractivity contribution >= 4 is 11.9 Å². The van der Waals surface area contributed by atoms with Gasteiger partial charge in [-0.1, -0.05) is 6.58 Å². The summed E-state index contributed by atoms with van der Waals surface area (Å²) in [4.78, 5) is 25.6. The molecular weight excluding hydrogens is 246 g/mol. The van der Waals surface area contributed by atoms with Crippen molar-refractivity contribution in [1.82, 2.24) is 15.8 Å². The summed E-state index contributed by atoms with van der Waals surface area (Å²) in [6, 6.07) is -0.461. The number of hydrogen-bond acceptors (Lipinski definition) is 5. The first-order valence-corrected chi connectivity index (χ1v) is 6.47. The maximum absolute atomic E-state index is 12.0. The van der Waals surface area contributed by atoms with Gasteiger partial charge in [0.1, 0.15) is 11.6 Å². The minimum Gasteiger partial charge on any atom is -0.458 e. The monoisotopic (exact) mass is 269 g/mol. The summed E-state index contributed by atoms with van der Waals surface area (Å²) in [5, 5.41) is 0. The van der Waals surface area contributed by atoms with Gasteiger partial charge in [-0.15, -0.1) is 0 Å². The molecule has 1 atom stereocenters. The molecule has 108 valence electrons. The predicted molar refractivity (Wildman–Crippen MR) is 71.9 cm³/mol. The Morgan fingerprint density at radius 2 is 2.16 bits per heavy atom. The van der Waals surface area contributed by atoms with E-state index < -0.39 is 11.6 Å². The fraction of sp³-hybridized carbons (Fsp3) is 0.692. The molecule has 1 fully saturated rings. The third-order valence-electron chi connectivity index (χ3n) is 2.70. The third kappa shape index (κ3) is 4.90. The molecule has 19 heavy (non-hydrogen) atoms. The molecule has 0 unspecified atom stereocenters. The number of hydrogen-bond donors (Lipinski definition) is 2. The van der Waals surface area contributed by atoms with Gasteiger partial charge >= 0.3 is 5.97 Å². The van der Waals surface area contributed by atoms with E-state index in [-0.39, 0.29) is 18.4 Å². The molecule has 0 spiro atoms. The highest BCUT2D eigenvalue weighted by atomic mass is 16.6. The van der Waals surface area contributed by atoms with E-state index in [0.29, 0.717) is 13.0 Å². The lowest BCUT2D eigenvalue weighted by molar-refractivity contribution is -0.163. The van der Waals surface area contributed by atoms with E-state index in [4.69, 9.17) is 4.74 Å². The van der Waals surface area contributed by atoms with Crippen LogP contribution in [0.2, 0.25) is 0 Å². The van der Waals surface area contributed by atoms with Gasteiger partial charge in [-0.2, -0.15) is 0 Å². The molecule has 1 saturated heterocycles. The van der Waals surface area contributed by atoms with Crippen LogP contribution in [-0.4, -0.2) is 41.5 Å². The van der Waals surface area contributed by atoms with E-state index in [0.717, 1.165) is 6.42 Å². The molecule has 2 N–H and O–H groups in total. The first-order valence-electron chi connectivity index (χ1n) is 6.47. The van der Waals surface area contributed by atoms with Gasteiger partial charge in [0.15, 0.2) is 0 Å². The standard InChI is InChI=1S/C13H23N3O3/c1-5-14-15-9-11(17)16-8-6-7-10(16)12(18)19-13(2,3)4/h5,10,14-15H,1,6-9H2,2-4H3/t10-/m0/s1. The fourth-order valence-electron chi connectivity index (χ4n) is 1.98. The highest BCUT2D eigenvalue weighted by Gasteiger charge is 2.36. The lowest BCUT2D eigenvalue weighted by atomic mass is 10.1. The number of amides is 1. The number of esters is 1. The molecule has 0 radical (unpaired) electrons. The Hall–Kier alpha value is -1.56. The smallest absolute Gasteiger partial charge is 0.329 e. The van der Waals surface area contributed by atoms with Crippen LogP contribution in [0.25, 0.3) is 0 Å². The van der Waals surface area contributed by atoms with Crippen LogP contribution in [-0.2, 0) is 14.3 Å². The van der Waals surface area contributed by atoms with Gasteiger partial charge in [-0.25, -0.2) is 10.2 Å². The maximum atomic E-state index is 12.0. The number of likely N-dealkylation sites (tertiary alicyclic amines) is 1. The van der Waals surface area contributed by atoms with Crippen molar-refractivity contribution in [3.05, 3.63) is 12.8 Å². The molecule has 1 heterocycles. The van der Waals surface area contributed by atoms with Crippen LogP contribution in [0.4, 0.5) is 0 Å². The van der Waals surface area contributed by atoms with Crippen molar-refractivity contribution in [2.75, 3.05) is 13.1 Å². The van der Waals surface area contributed by atoms with Gasteiger partial charge in [0.05, 0.1) is 6.54 Å². The second kappa shape index (κ2) is 6.56. The van der Waals surface area contributed by atoms with Gasteiger partial charge in [-0.3, -0.25) is 4.79 Å². The maximum Gasteiger partial charge on any atom is 0.329 e. The molecule has 1 amide bonds. The van der Waals surface area contributed by atoms with E-state index in [1.807, 2.05) is 20.8 Å². The van der Waals surface area contributed by atoms with Gasteiger partial charge < -0.3 is 15.1 Å². The van der Waals surface area contributed by atoms with E-state index in [9.17, 15) is 9.59 Å². The molecule has 6 heteroatoms. The predicted octanol–water partition coefficient (Wildman–Crippen LogP) is 0.557. The first-order chi connectivity index (χ1) is 8.85. The summed E-state index contributed by atoms with van der Waals surface area (Å²) in [6.07, 6.45) is 2.93. The van der Waals surface area contributed by atoms with Crippen molar-refractivity contribution in [3.8, 4) is 0 Å². The minimum atomic E-state index is -0.531. The Labute approximate surface area is 114 Å². The van der Waals surface area contributed by atoms with Crippen molar-refractivity contribution in [2.24, 2.45) is 0 Å². The second-order valence-electron chi connectivity index (χ2n) is 5.48. The van der Waals surface area contributed by atoms with Crippen LogP contribution < -0.4 is 10.9 Å². The normalized spacial score (nSPS) is 19.1. The van der Waals surface area contributed by atoms with Gasteiger partial charge in [-0.05, 0) is 33.6 Å². The lowest BCUT2D eigenvalue weighted by Crippen LogP contribution is -2.47. The summed E-state index contributed by atoms with van der Waals surface area (Å²) in [5.74, 6) is -0.447. The molecule has 1 rings (SSSR count). The molecular formula is C13H23N3O3. The summed E-state index contributed by atoms with van der Waals surface area (Å²) < 4.78 is 5.34. The van der Waals surface area contributed by atoms with E-state index >= 15 is 0 Å². The Kier molecular flexibility index (Phi) is 5.35. The average Bonchev–Trinajstić information content (AvgIpc) is 2.75. The molecule has 1 aliphatic rings. The number of ether oxygens (including phenoxy) is 1. The molecule has 0 aromatic carbocycles. The quantitative estimate of drug-likeness (QED) is 0.433. The highest BCUT2D eigenvalue weighted by Crippen LogP contribution is 2.21.